The Bertz CT molecular complexity index is 400. The van der Waals surface area contributed by atoms with Gasteiger partial charge in [0, 0.05) is 6.04 Å². The molecule has 1 unspecified atom stereocenters. The largest absolute Gasteiger partial charge is 0.495 e. The average Bonchev–Trinajstić information content (AvgIpc) is 2.30. The van der Waals surface area contributed by atoms with Crippen molar-refractivity contribution >= 4 is 28.8 Å². The summed E-state index contributed by atoms with van der Waals surface area (Å²) in [4.78, 5) is 3.95. The van der Waals surface area contributed by atoms with E-state index in [9.17, 15) is 0 Å². The van der Waals surface area contributed by atoms with Crippen molar-refractivity contribution in [3.8, 4) is 5.75 Å². The van der Waals surface area contributed by atoms with Gasteiger partial charge in [0.1, 0.15) is 5.75 Å². The molecule has 0 aliphatic carbocycles. The molecule has 0 fully saturated rings. The van der Waals surface area contributed by atoms with Crippen molar-refractivity contribution in [2.45, 2.75) is 26.3 Å². The Morgan fingerprint density at radius 1 is 1.56 bits per heavy atom. The van der Waals surface area contributed by atoms with Crippen LogP contribution in [-0.4, -0.2) is 18.3 Å². The smallest absolute Gasteiger partial charge is 0.142 e. The first-order valence-corrected chi connectivity index (χ1v) is 5.64. The van der Waals surface area contributed by atoms with E-state index in [2.05, 4.69) is 41.5 Å². The van der Waals surface area contributed by atoms with Crippen LogP contribution in [0.2, 0.25) is 0 Å². The number of ether oxygens (including phenoxy) is 1. The van der Waals surface area contributed by atoms with E-state index in [4.69, 9.17) is 4.74 Å². The third-order valence-corrected chi connectivity index (χ3v) is 2.46. The number of anilines is 1. The number of rotatable bonds is 5. The maximum absolute atomic E-state index is 5.27. The first kappa shape index (κ1) is 12.7. The second kappa shape index (κ2) is 6.26. The molecule has 1 aromatic rings. The van der Waals surface area contributed by atoms with Gasteiger partial charge in [-0.2, -0.15) is 4.99 Å². The molecule has 4 heteroatoms. The van der Waals surface area contributed by atoms with Gasteiger partial charge in [-0.25, -0.2) is 0 Å². The molecule has 0 aliphatic rings. The molecular weight excluding hydrogens is 220 g/mol. The van der Waals surface area contributed by atoms with E-state index in [0.29, 0.717) is 6.04 Å². The van der Waals surface area contributed by atoms with Gasteiger partial charge in [0.25, 0.3) is 0 Å². The molecule has 0 bridgehead atoms. The van der Waals surface area contributed by atoms with E-state index >= 15 is 0 Å². The van der Waals surface area contributed by atoms with Crippen molar-refractivity contribution in [1.29, 1.82) is 0 Å². The highest BCUT2D eigenvalue weighted by atomic mass is 32.1. The zero-order valence-electron chi connectivity index (χ0n) is 9.78. The third-order valence-electron chi connectivity index (χ3n) is 2.37. The Morgan fingerprint density at radius 3 is 2.88 bits per heavy atom. The number of benzene rings is 1. The lowest BCUT2D eigenvalue weighted by Crippen LogP contribution is -2.13. The molecule has 1 rings (SSSR count). The molecule has 0 aliphatic heterocycles. The van der Waals surface area contributed by atoms with Gasteiger partial charge < -0.3 is 10.1 Å². The van der Waals surface area contributed by atoms with Gasteiger partial charge in [0.2, 0.25) is 0 Å². The van der Waals surface area contributed by atoms with Crippen molar-refractivity contribution in [2.75, 3.05) is 12.4 Å². The average molecular weight is 236 g/mol. The van der Waals surface area contributed by atoms with Gasteiger partial charge in [0.15, 0.2) is 0 Å². The Labute approximate surface area is 102 Å². The SMILES string of the molecule is CCC(C)Nc1cc(N=C=S)ccc1OC. The molecule has 0 saturated carbocycles. The highest BCUT2D eigenvalue weighted by molar-refractivity contribution is 7.78. The van der Waals surface area contributed by atoms with Gasteiger partial charge in [-0.1, -0.05) is 6.92 Å². The Morgan fingerprint density at radius 2 is 2.31 bits per heavy atom. The van der Waals surface area contributed by atoms with E-state index in [1.165, 1.54) is 0 Å². The maximum Gasteiger partial charge on any atom is 0.142 e. The molecule has 3 nitrogen and oxygen atoms in total. The quantitative estimate of drug-likeness (QED) is 0.626. The summed E-state index contributed by atoms with van der Waals surface area (Å²) in [5.74, 6) is 0.809. The fourth-order valence-electron chi connectivity index (χ4n) is 1.30. The summed E-state index contributed by atoms with van der Waals surface area (Å²) >= 11 is 4.58. The minimum atomic E-state index is 0.389. The summed E-state index contributed by atoms with van der Waals surface area (Å²) in [5.41, 5.74) is 1.71. The highest BCUT2D eigenvalue weighted by Crippen LogP contribution is 2.29. The van der Waals surface area contributed by atoms with Crippen molar-refractivity contribution in [2.24, 2.45) is 4.99 Å². The summed E-state index contributed by atoms with van der Waals surface area (Å²) in [5, 5.41) is 5.72. The summed E-state index contributed by atoms with van der Waals surface area (Å²) < 4.78 is 5.27. The molecular formula is C12H16N2OS. The highest BCUT2D eigenvalue weighted by Gasteiger charge is 2.06. The fraction of sp³-hybridized carbons (Fsp3) is 0.417. The normalized spacial score (nSPS) is 11.4. The summed E-state index contributed by atoms with van der Waals surface area (Å²) in [6.07, 6.45) is 1.05. The number of isothiocyanates is 1. The number of nitrogens with zero attached hydrogens (tertiary/aromatic N) is 1. The predicted molar refractivity (Wildman–Crippen MR) is 71.1 cm³/mol. The maximum atomic E-state index is 5.27. The Balaban J connectivity index is 3.01. The molecule has 0 saturated heterocycles. The summed E-state index contributed by atoms with van der Waals surface area (Å²) in [6.45, 7) is 4.25. The van der Waals surface area contributed by atoms with E-state index in [1.54, 1.807) is 7.11 Å². The lowest BCUT2D eigenvalue weighted by Gasteiger charge is -2.16. The van der Waals surface area contributed by atoms with Crippen LogP contribution in [-0.2, 0) is 0 Å². The van der Waals surface area contributed by atoms with Crippen LogP contribution in [0, 0.1) is 0 Å². The fourth-order valence-corrected chi connectivity index (χ4v) is 1.40. The second-order valence-electron chi connectivity index (χ2n) is 3.54. The zero-order valence-corrected chi connectivity index (χ0v) is 10.6. The third kappa shape index (κ3) is 3.33. The molecule has 1 atom stereocenters. The molecule has 0 amide bonds. The van der Waals surface area contributed by atoms with Gasteiger partial charge >= 0.3 is 0 Å². The Hall–Kier alpha value is -1.38. The molecule has 1 aromatic carbocycles. The van der Waals surface area contributed by atoms with Gasteiger partial charge in [0.05, 0.1) is 23.6 Å². The van der Waals surface area contributed by atoms with Crippen molar-refractivity contribution in [3.63, 3.8) is 0 Å². The number of nitrogens with one attached hydrogen (secondary N) is 1. The van der Waals surface area contributed by atoms with Crippen molar-refractivity contribution in [3.05, 3.63) is 18.2 Å². The molecule has 1 N–H and O–H groups in total. The minimum absolute atomic E-state index is 0.389. The monoisotopic (exact) mass is 236 g/mol. The number of hydrogen-bond acceptors (Lipinski definition) is 4. The number of methoxy groups -OCH3 is 1. The van der Waals surface area contributed by atoms with Gasteiger partial charge in [-0.15, -0.1) is 0 Å². The zero-order chi connectivity index (χ0) is 12.0. The summed E-state index contributed by atoms with van der Waals surface area (Å²) in [7, 11) is 1.65. The second-order valence-corrected chi connectivity index (χ2v) is 3.72. The van der Waals surface area contributed by atoms with E-state index in [0.717, 1.165) is 23.5 Å². The molecule has 0 heterocycles. The lowest BCUT2D eigenvalue weighted by atomic mass is 10.2. The minimum Gasteiger partial charge on any atom is -0.495 e. The van der Waals surface area contributed by atoms with Crippen LogP contribution in [0.5, 0.6) is 5.75 Å². The van der Waals surface area contributed by atoms with Crippen LogP contribution < -0.4 is 10.1 Å². The Kier molecular flexibility index (Phi) is 4.96. The van der Waals surface area contributed by atoms with E-state index in [-0.39, 0.29) is 0 Å². The van der Waals surface area contributed by atoms with E-state index in [1.807, 2.05) is 18.2 Å². The van der Waals surface area contributed by atoms with E-state index < -0.39 is 0 Å². The summed E-state index contributed by atoms with van der Waals surface area (Å²) in [6, 6.07) is 6.01. The van der Waals surface area contributed by atoms with Gasteiger partial charge in [-0.3, -0.25) is 0 Å². The van der Waals surface area contributed by atoms with Crippen LogP contribution in [0.3, 0.4) is 0 Å². The van der Waals surface area contributed by atoms with Crippen molar-refractivity contribution in [1.82, 2.24) is 0 Å². The first-order valence-electron chi connectivity index (χ1n) is 5.23. The lowest BCUT2D eigenvalue weighted by molar-refractivity contribution is 0.416. The standard InChI is InChI=1S/C12H16N2OS/c1-4-9(2)14-11-7-10(13-8-16)5-6-12(11)15-3/h5-7,9,14H,4H2,1-3H3. The molecule has 0 aromatic heterocycles. The van der Waals surface area contributed by atoms with Crippen LogP contribution in [0.1, 0.15) is 20.3 Å². The van der Waals surface area contributed by atoms with Crippen LogP contribution >= 0.6 is 12.2 Å². The number of hydrogen-bond donors (Lipinski definition) is 1. The van der Waals surface area contributed by atoms with Gasteiger partial charge in [-0.05, 0) is 43.8 Å². The number of aliphatic imine (C=N–C) groups is 1. The first-order chi connectivity index (χ1) is 7.71. The van der Waals surface area contributed by atoms with Crippen LogP contribution in [0.4, 0.5) is 11.4 Å². The molecule has 0 spiro atoms. The molecule has 86 valence electrons. The number of thiocarbonyl (C=S) groups is 1. The van der Waals surface area contributed by atoms with Crippen molar-refractivity contribution < 1.29 is 4.74 Å². The molecule has 16 heavy (non-hydrogen) atoms. The van der Waals surface area contributed by atoms with Crippen LogP contribution in [0.25, 0.3) is 0 Å². The topological polar surface area (TPSA) is 33.6 Å². The molecule has 0 radical (unpaired) electrons. The van der Waals surface area contributed by atoms with Crippen LogP contribution in [0.15, 0.2) is 23.2 Å². The predicted octanol–water partition coefficient (Wildman–Crippen LogP) is 3.64.